The molecule has 0 saturated carbocycles. The quantitative estimate of drug-likeness (QED) is 0.799. The Hall–Kier alpha value is -2.53. The largest absolute Gasteiger partial charge is 0.486 e. The highest BCUT2D eigenvalue weighted by Gasteiger charge is 2.17. The summed E-state index contributed by atoms with van der Waals surface area (Å²) in [5.74, 6) is 0.105. The van der Waals surface area contributed by atoms with Crippen molar-refractivity contribution in [1.82, 2.24) is 9.38 Å². The summed E-state index contributed by atoms with van der Waals surface area (Å²) in [5.41, 5.74) is 1.55. The summed E-state index contributed by atoms with van der Waals surface area (Å²) in [4.78, 5) is 15.4. The van der Waals surface area contributed by atoms with E-state index < -0.39 is 5.97 Å². The van der Waals surface area contributed by atoms with E-state index in [0.29, 0.717) is 22.1 Å². The summed E-state index contributed by atoms with van der Waals surface area (Å²) >= 11 is 5.98. The predicted molar refractivity (Wildman–Crippen MR) is 82.7 cm³/mol. The first kappa shape index (κ1) is 14.4. The Kier molecular flexibility index (Phi) is 3.73. The highest BCUT2D eigenvalue weighted by molar-refractivity contribution is 6.30. The van der Waals surface area contributed by atoms with Crippen molar-refractivity contribution in [3.8, 4) is 5.75 Å². The molecule has 6 heteroatoms. The maximum absolute atomic E-state index is 11.3. The van der Waals surface area contributed by atoms with E-state index in [2.05, 4.69) is 4.98 Å². The van der Waals surface area contributed by atoms with Gasteiger partial charge < -0.3 is 9.84 Å². The van der Waals surface area contributed by atoms with Crippen molar-refractivity contribution in [2.24, 2.45) is 0 Å². The number of aryl methyl sites for hydroxylation is 1. The molecule has 0 bridgehead atoms. The molecule has 3 aromatic rings. The van der Waals surface area contributed by atoms with E-state index in [1.807, 2.05) is 31.2 Å². The zero-order valence-electron chi connectivity index (χ0n) is 11.8. The highest BCUT2D eigenvalue weighted by atomic mass is 35.5. The van der Waals surface area contributed by atoms with Crippen molar-refractivity contribution in [3.05, 3.63) is 64.7 Å². The fraction of sp³-hybridized carbons (Fsp3) is 0.125. The summed E-state index contributed by atoms with van der Waals surface area (Å²) in [6.07, 6.45) is 1.63. The molecule has 0 saturated heterocycles. The zero-order chi connectivity index (χ0) is 15.7. The Balaban J connectivity index is 1.96. The van der Waals surface area contributed by atoms with Crippen LogP contribution in [0.3, 0.4) is 0 Å². The molecule has 0 amide bonds. The number of rotatable bonds is 4. The molecule has 0 aliphatic rings. The molecule has 3 rings (SSSR count). The van der Waals surface area contributed by atoms with Crippen LogP contribution in [0.2, 0.25) is 5.02 Å². The van der Waals surface area contributed by atoms with Gasteiger partial charge in [0.05, 0.1) is 10.5 Å². The van der Waals surface area contributed by atoms with Crippen molar-refractivity contribution >= 4 is 23.1 Å². The summed E-state index contributed by atoms with van der Waals surface area (Å²) in [5, 5.41) is 9.74. The standard InChI is InChI=1S/C16H13ClN2O3/c1-10-3-2-4-12(7-10)22-9-14-18-15(16(20)21)13-6-5-11(17)8-19(13)14/h2-8H,9H2,1H3,(H,20,21). The van der Waals surface area contributed by atoms with Crippen molar-refractivity contribution < 1.29 is 14.6 Å². The highest BCUT2D eigenvalue weighted by Crippen LogP contribution is 2.19. The van der Waals surface area contributed by atoms with Crippen LogP contribution in [0.4, 0.5) is 0 Å². The van der Waals surface area contributed by atoms with Crippen molar-refractivity contribution in [2.45, 2.75) is 13.5 Å². The Labute approximate surface area is 131 Å². The van der Waals surface area contributed by atoms with E-state index >= 15 is 0 Å². The van der Waals surface area contributed by atoms with Gasteiger partial charge in [-0.1, -0.05) is 23.7 Å². The topological polar surface area (TPSA) is 63.8 Å². The lowest BCUT2D eigenvalue weighted by Crippen LogP contribution is -2.01. The normalized spacial score (nSPS) is 10.8. The molecule has 22 heavy (non-hydrogen) atoms. The van der Waals surface area contributed by atoms with Crippen LogP contribution in [-0.4, -0.2) is 20.5 Å². The molecule has 112 valence electrons. The molecule has 0 fully saturated rings. The van der Waals surface area contributed by atoms with Crippen molar-refractivity contribution in [3.63, 3.8) is 0 Å². The van der Waals surface area contributed by atoms with Gasteiger partial charge in [0, 0.05) is 6.20 Å². The lowest BCUT2D eigenvalue weighted by molar-refractivity contribution is 0.0693. The number of halogens is 1. The molecule has 5 nitrogen and oxygen atoms in total. The lowest BCUT2D eigenvalue weighted by Gasteiger charge is -2.06. The maximum atomic E-state index is 11.3. The third kappa shape index (κ3) is 2.76. The first-order valence-electron chi connectivity index (χ1n) is 6.64. The van der Waals surface area contributed by atoms with Crippen LogP contribution >= 0.6 is 11.6 Å². The lowest BCUT2D eigenvalue weighted by atomic mass is 10.2. The minimum Gasteiger partial charge on any atom is -0.486 e. The molecular weight excluding hydrogens is 304 g/mol. The third-order valence-corrected chi connectivity index (χ3v) is 3.46. The van der Waals surface area contributed by atoms with Crippen molar-refractivity contribution in [2.75, 3.05) is 0 Å². The Bertz CT molecular complexity index is 858. The number of nitrogens with zero attached hydrogens (tertiary/aromatic N) is 2. The third-order valence-electron chi connectivity index (χ3n) is 3.23. The van der Waals surface area contributed by atoms with Gasteiger partial charge in [-0.2, -0.15) is 0 Å². The van der Waals surface area contributed by atoms with E-state index in [9.17, 15) is 9.90 Å². The number of benzene rings is 1. The molecule has 2 heterocycles. The second kappa shape index (κ2) is 5.69. The smallest absolute Gasteiger partial charge is 0.356 e. The average molecular weight is 317 g/mol. The summed E-state index contributed by atoms with van der Waals surface area (Å²) in [6.45, 7) is 2.12. The van der Waals surface area contributed by atoms with E-state index in [1.54, 1.807) is 22.7 Å². The number of carboxylic acids is 1. The van der Waals surface area contributed by atoms with E-state index in [1.165, 1.54) is 0 Å². The van der Waals surface area contributed by atoms with Gasteiger partial charge in [0.2, 0.25) is 0 Å². The molecule has 0 aliphatic carbocycles. The van der Waals surface area contributed by atoms with Crippen LogP contribution < -0.4 is 4.74 Å². The van der Waals surface area contributed by atoms with E-state index in [-0.39, 0.29) is 12.3 Å². The maximum Gasteiger partial charge on any atom is 0.356 e. The van der Waals surface area contributed by atoms with Crippen LogP contribution in [0.1, 0.15) is 21.9 Å². The number of fused-ring (bicyclic) bond motifs is 1. The number of aromatic nitrogens is 2. The number of hydrogen-bond donors (Lipinski definition) is 1. The van der Waals surface area contributed by atoms with E-state index in [4.69, 9.17) is 16.3 Å². The first-order valence-corrected chi connectivity index (χ1v) is 7.01. The summed E-state index contributed by atoms with van der Waals surface area (Å²) < 4.78 is 7.34. The van der Waals surface area contributed by atoms with Crippen molar-refractivity contribution in [1.29, 1.82) is 0 Å². The SMILES string of the molecule is Cc1cccc(OCc2nc(C(=O)O)c3ccc(Cl)cn23)c1. The molecule has 1 aromatic carbocycles. The molecule has 0 unspecified atom stereocenters. The molecule has 0 spiro atoms. The first-order chi connectivity index (χ1) is 10.5. The van der Waals surface area contributed by atoms with Crippen LogP contribution in [0.25, 0.3) is 5.52 Å². The van der Waals surface area contributed by atoms with Crippen LogP contribution in [0.15, 0.2) is 42.6 Å². The number of imidazole rings is 1. The van der Waals surface area contributed by atoms with Gasteiger partial charge in [-0.3, -0.25) is 4.40 Å². The van der Waals surface area contributed by atoms with Crippen LogP contribution in [0, 0.1) is 6.92 Å². The number of hydrogen-bond acceptors (Lipinski definition) is 3. The molecule has 2 aromatic heterocycles. The van der Waals surface area contributed by atoms with Gasteiger partial charge in [0.15, 0.2) is 11.5 Å². The molecule has 1 N–H and O–H groups in total. The Morgan fingerprint density at radius 3 is 2.91 bits per heavy atom. The average Bonchev–Trinajstić information content (AvgIpc) is 2.83. The number of carboxylic acid groups (broad SMARTS) is 1. The molecular formula is C16H13ClN2O3. The summed E-state index contributed by atoms with van der Waals surface area (Å²) in [6, 6.07) is 10.9. The second-order valence-corrected chi connectivity index (χ2v) is 5.33. The number of pyridine rings is 1. The van der Waals surface area contributed by atoms with Gasteiger partial charge in [0.25, 0.3) is 0 Å². The van der Waals surface area contributed by atoms with Gasteiger partial charge in [-0.25, -0.2) is 9.78 Å². The molecule has 0 aliphatic heterocycles. The number of ether oxygens (including phenoxy) is 1. The second-order valence-electron chi connectivity index (χ2n) is 4.89. The molecule has 0 radical (unpaired) electrons. The van der Waals surface area contributed by atoms with Gasteiger partial charge in [-0.05, 0) is 36.8 Å². The predicted octanol–water partition coefficient (Wildman–Crippen LogP) is 3.57. The minimum atomic E-state index is -1.08. The van der Waals surface area contributed by atoms with Gasteiger partial charge in [-0.15, -0.1) is 0 Å². The van der Waals surface area contributed by atoms with Crippen LogP contribution in [-0.2, 0) is 6.61 Å². The van der Waals surface area contributed by atoms with Gasteiger partial charge >= 0.3 is 5.97 Å². The van der Waals surface area contributed by atoms with E-state index in [0.717, 1.165) is 5.56 Å². The number of aromatic carboxylic acids is 1. The Morgan fingerprint density at radius 2 is 2.18 bits per heavy atom. The fourth-order valence-electron chi connectivity index (χ4n) is 2.23. The summed E-state index contributed by atoms with van der Waals surface area (Å²) in [7, 11) is 0. The fourth-order valence-corrected chi connectivity index (χ4v) is 2.39. The van der Waals surface area contributed by atoms with Gasteiger partial charge in [0.1, 0.15) is 12.4 Å². The monoisotopic (exact) mass is 316 g/mol. The van der Waals surface area contributed by atoms with Crippen LogP contribution in [0.5, 0.6) is 5.75 Å². The minimum absolute atomic E-state index is 0.0143. The molecule has 0 atom stereocenters. The Morgan fingerprint density at radius 1 is 1.36 bits per heavy atom. The number of carbonyl (C=O) groups is 1. The zero-order valence-corrected chi connectivity index (χ0v) is 12.5.